The van der Waals surface area contributed by atoms with Crippen LogP contribution < -0.4 is 20.8 Å². The third kappa shape index (κ3) is 2.99. The summed E-state index contributed by atoms with van der Waals surface area (Å²) >= 11 is 0. The lowest BCUT2D eigenvalue weighted by molar-refractivity contribution is -0.646. The number of hydrogen-bond donors (Lipinski definition) is 2. The topological polar surface area (TPSA) is 50.1 Å². The van der Waals surface area contributed by atoms with E-state index < -0.39 is 0 Å². The number of benzene rings is 1. The Balaban J connectivity index is 2.02. The van der Waals surface area contributed by atoms with Crippen molar-refractivity contribution in [1.82, 2.24) is 4.68 Å². The maximum Gasteiger partial charge on any atom is 0.302 e. The molecule has 1 aromatic carbocycles. The van der Waals surface area contributed by atoms with Gasteiger partial charge in [-0.15, -0.1) is 9.35 Å². The molecule has 5 heteroatoms. The zero-order valence-corrected chi connectivity index (χ0v) is 11.8. The van der Waals surface area contributed by atoms with Crippen LogP contribution in [0.5, 0.6) is 0 Å². The third-order valence-corrected chi connectivity index (χ3v) is 3.17. The Morgan fingerprint density at radius 3 is 2.53 bits per heavy atom. The molecular formula is C14H22N5+. The number of nitrogens with one attached hydrogen (secondary N) is 1. The molecule has 1 heterocycles. The van der Waals surface area contributed by atoms with Crippen LogP contribution in [0, 0.1) is 0 Å². The molecule has 0 fully saturated rings. The Bertz CT molecular complexity index is 527. The SMILES string of the molecule is CCc1n(NCc2ccc(N(C)C)cc2)cc[n+]1N. The van der Waals surface area contributed by atoms with Crippen LogP contribution in [0.3, 0.4) is 0 Å². The number of nitrogens with two attached hydrogens (primary N) is 1. The van der Waals surface area contributed by atoms with Crippen molar-refractivity contribution in [3.05, 3.63) is 48.0 Å². The van der Waals surface area contributed by atoms with Crippen LogP contribution in [0.25, 0.3) is 0 Å². The summed E-state index contributed by atoms with van der Waals surface area (Å²) in [6.45, 7) is 2.86. The number of imidazole rings is 1. The van der Waals surface area contributed by atoms with E-state index in [1.54, 1.807) is 4.68 Å². The molecular weight excluding hydrogens is 238 g/mol. The number of aromatic nitrogens is 2. The van der Waals surface area contributed by atoms with Gasteiger partial charge >= 0.3 is 5.82 Å². The number of hydrogen-bond acceptors (Lipinski definition) is 3. The highest BCUT2D eigenvalue weighted by Crippen LogP contribution is 2.12. The molecule has 0 aliphatic carbocycles. The zero-order valence-electron chi connectivity index (χ0n) is 11.8. The van der Waals surface area contributed by atoms with Gasteiger partial charge in [0, 0.05) is 19.8 Å². The van der Waals surface area contributed by atoms with E-state index in [-0.39, 0.29) is 0 Å². The normalized spacial score (nSPS) is 10.5. The lowest BCUT2D eigenvalue weighted by Crippen LogP contribution is -2.47. The maximum absolute atomic E-state index is 5.82. The van der Waals surface area contributed by atoms with E-state index in [2.05, 4.69) is 41.5 Å². The molecule has 0 aliphatic heterocycles. The van der Waals surface area contributed by atoms with Gasteiger partial charge in [0.25, 0.3) is 0 Å². The first-order valence-corrected chi connectivity index (χ1v) is 6.49. The van der Waals surface area contributed by atoms with Crippen LogP contribution in [0.15, 0.2) is 36.7 Å². The van der Waals surface area contributed by atoms with Gasteiger partial charge in [-0.25, -0.2) is 0 Å². The molecule has 0 unspecified atom stereocenters. The second-order valence-electron chi connectivity index (χ2n) is 4.74. The molecule has 3 N–H and O–H groups in total. The van der Waals surface area contributed by atoms with Crippen LogP contribution >= 0.6 is 0 Å². The van der Waals surface area contributed by atoms with E-state index in [1.165, 1.54) is 11.3 Å². The van der Waals surface area contributed by atoms with Crippen molar-refractivity contribution in [2.75, 3.05) is 30.3 Å². The smallest absolute Gasteiger partial charge is 0.302 e. The first-order chi connectivity index (χ1) is 9.11. The summed E-state index contributed by atoms with van der Waals surface area (Å²) in [7, 11) is 4.08. The van der Waals surface area contributed by atoms with E-state index in [0.29, 0.717) is 0 Å². The van der Waals surface area contributed by atoms with Crippen LogP contribution in [0.4, 0.5) is 5.69 Å². The molecule has 0 spiro atoms. The summed E-state index contributed by atoms with van der Waals surface area (Å²) < 4.78 is 3.61. The summed E-state index contributed by atoms with van der Waals surface area (Å²) in [6, 6.07) is 8.51. The highest BCUT2D eigenvalue weighted by atomic mass is 15.5. The van der Waals surface area contributed by atoms with Gasteiger partial charge in [-0.1, -0.05) is 19.1 Å². The average Bonchev–Trinajstić information content (AvgIpc) is 2.77. The summed E-state index contributed by atoms with van der Waals surface area (Å²) in [4.78, 5) is 2.09. The first-order valence-electron chi connectivity index (χ1n) is 6.49. The second kappa shape index (κ2) is 5.65. The summed E-state index contributed by atoms with van der Waals surface area (Å²) in [5, 5.41) is 0. The second-order valence-corrected chi connectivity index (χ2v) is 4.74. The standard InChI is InChI=1S/C14H22N5/c1-4-14-18(15)9-10-19(14)16-11-12-5-7-13(8-6-12)17(2)3/h5-10,16H,4,11,15H2,1-3H3/q+1. The fourth-order valence-corrected chi connectivity index (χ4v) is 2.02. The molecule has 102 valence electrons. The Morgan fingerprint density at radius 1 is 1.26 bits per heavy atom. The Kier molecular flexibility index (Phi) is 3.94. The van der Waals surface area contributed by atoms with E-state index in [1.807, 2.05) is 31.2 Å². The number of anilines is 1. The highest BCUT2D eigenvalue weighted by Gasteiger charge is 2.12. The quantitative estimate of drug-likeness (QED) is 0.619. The van der Waals surface area contributed by atoms with Gasteiger partial charge in [-0.05, 0) is 17.7 Å². The van der Waals surface area contributed by atoms with Gasteiger partial charge in [0.05, 0.1) is 13.0 Å². The Labute approximate surface area is 114 Å². The van der Waals surface area contributed by atoms with E-state index in [4.69, 9.17) is 5.84 Å². The Hall–Kier alpha value is -2.17. The predicted octanol–water partition coefficient (Wildman–Crippen LogP) is 0.861. The van der Waals surface area contributed by atoms with Crippen molar-refractivity contribution >= 4 is 5.69 Å². The highest BCUT2D eigenvalue weighted by molar-refractivity contribution is 5.46. The van der Waals surface area contributed by atoms with Crippen molar-refractivity contribution in [2.24, 2.45) is 0 Å². The Morgan fingerprint density at radius 2 is 1.95 bits per heavy atom. The molecule has 2 aromatic rings. The molecule has 0 bridgehead atoms. The monoisotopic (exact) mass is 260 g/mol. The molecule has 19 heavy (non-hydrogen) atoms. The van der Waals surface area contributed by atoms with Crippen molar-refractivity contribution in [3.63, 3.8) is 0 Å². The van der Waals surface area contributed by atoms with Crippen molar-refractivity contribution < 1.29 is 4.68 Å². The fourth-order valence-electron chi connectivity index (χ4n) is 2.02. The number of rotatable bonds is 5. The molecule has 0 amide bonds. The van der Waals surface area contributed by atoms with Crippen LogP contribution in [-0.4, -0.2) is 18.8 Å². The lowest BCUT2D eigenvalue weighted by atomic mass is 10.2. The molecule has 2 rings (SSSR count). The molecule has 0 aliphatic rings. The molecule has 1 aromatic heterocycles. The largest absolute Gasteiger partial charge is 0.378 e. The lowest BCUT2D eigenvalue weighted by Gasteiger charge is -2.12. The third-order valence-electron chi connectivity index (χ3n) is 3.17. The van der Waals surface area contributed by atoms with Gasteiger partial charge in [-0.2, -0.15) is 0 Å². The van der Waals surface area contributed by atoms with E-state index in [9.17, 15) is 0 Å². The summed E-state index contributed by atoms with van der Waals surface area (Å²) in [5.41, 5.74) is 5.80. The predicted molar refractivity (Wildman–Crippen MR) is 78.0 cm³/mol. The van der Waals surface area contributed by atoms with Crippen molar-refractivity contribution in [3.8, 4) is 0 Å². The molecule has 5 nitrogen and oxygen atoms in total. The summed E-state index contributed by atoms with van der Waals surface area (Å²) in [6.07, 6.45) is 4.67. The number of nitrogen functional groups attached to an aromatic ring is 1. The maximum atomic E-state index is 5.82. The van der Waals surface area contributed by atoms with Crippen molar-refractivity contribution in [2.45, 2.75) is 19.9 Å². The molecule has 0 atom stereocenters. The van der Waals surface area contributed by atoms with Crippen LogP contribution in [-0.2, 0) is 13.0 Å². The summed E-state index contributed by atoms with van der Waals surface area (Å²) in [5.74, 6) is 6.87. The van der Waals surface area contributed by atoms with Crippen LogP contribution in [0.1, 0.15) is 18.3 Å². The van der Waals surface area contributed by atoms with Crippen molar-refractivity contribution in [1.29, 1.82) is 0 Å². The van der Waals surface area contributed by atoms with E-state index in [0.717, 1.165) is 18.8 Å². The zero-order chi connectivity index (χ0) is 13.8. The minimum atomic E-state index is 0.773. The van der Waals surface area contributed by atoms with Crippen LogP contribution in [0.2, 0.25) is 0 Å². The molecule has 0 saturated carbocycles. The minimum absolute atomic E-state index is 0.773. The first kappa shape index (κ1) is 13.3. The minimum Gasteiger partial charge on any atom is -0.378 e. The molecule has 0 saturated heterocycles. The average molecular weight is 260 g/mol. The number of nitrogens with zero attached hydrogens (tertiary/aromatic N) is 3. The van der Waals surface area contributed by atoms with Gasteiger partial charge in [0.1, 0.15) is 0 Å². The van der Waals surface area contributed by atoms with Gasteiger partial charge < -0.3 is 4.90 Å². The van der Waals surface area contributed by atoms with Gasteiger partial charge in [-0.3, -0.25) is 11.3 Å². The van der Waals surface area contributed by atoms with Gasteiger partial charge in [0.2, 0.25) is 0 Å². The fraction of sp³-hybridized carbons (Fsp3) is 0.357. The molecule has 0 radical (unpaired) electrons. The van der Waals surface area contributed by atoms with Gasteiger partial charge in [0.15, 0.2) is 12.4 Å². The van der Waals surface area contributed by atoms with E-state index >= 15 is 0 Å².